The molecule has 0 radical (unpaired) electrons. The third kappa shape index (κ3) is 3.36. The summed E-state index contributed by atoms with van der Waals surface area (Å²) in [5, 5.41) is 11.5. The van der Waals surface area contributed by atoms with E-state index in [1.807, 2.05) is 30.3 Å². The number of carboxylic acid groups (broad SMARTS) is 1. The SMILES string of the molecule is CC(C(=O)O)C(=O)NC[C@@H]1CCO[C@H]1c1ccccc1. The summed E-state index contributed by atoms with van der Waals surface area (Å²) in [5.74, 6) is -2.39. The largest absolute Gasteiger partial charge is 0.481 e. The quantitative estimate of drug-likeness (QED) is 0.802. The van der Waals surface area contributed by atoms with Crippen LogP contribution in [0.1, 0.15) is 25.0 Å². The molecular weight excluding hydrogens is 258 g/mol. The highest BCUT2D eigenvalue weighted by atomic mass is 16.5. The maximum absolute atomic E-state index is 11.7. The summed E-state index contributed by atoms with van der Waals surface area (Å²) in [6.07, 6.45) is 0.831. The Kier molecular flexibility index (Phi) is 4.74. The van der Waals surface area contributed by atoms with Gasteiger partial charge in [0.15, 0.2) is 0 Å². The lowest BCUT2D eigenvalue weighted by atomic mass is 9.95. The van der Waals surface area contributed by atoms with Gasteiger partial charge in [-0.3, -0.25) is 9.59 Å². The van der Waals surface area contributed by atoms with Gasteiger partial charge < -0.3 is 15.2 Å². The second-order valence-corrected chi connectivity index (χ2v) is 5.06. The second kappa shape index (κ2) is 6.52. The molecule has 1 fully saturated rings. The predicted octanol–water partition coefficient (Wildman–Crippen LogP) is 1.60. The number of aliphatic carboxylic acids is 1. The van der Waals surface area contributed by atoms with Crippen LogP contribution in [0.4, 0.5) is 0 Å². The number of carbonyl (C=O) groups excluding carboxylic acids is 1. The van der Waals surface area contributed by atoms with Crippen molar-refractivity contribution in [2.24, 2.45) is 11.8 Å². The number of carboxylic acids is 1. The minimum Gasteiger partial charge on any atom is -0.481 e. The van der Waals surface area contributed by atoms with Gasteiger partial charge in [0.25, 0.3) is 0 Å². The lowest BCUT2D eigenvalue weighted by Crippen LogP contribution is -2.37. The van der Waals surface area contributed by atoms with E-state index in [1.54, 1.807) is 0 Å². The topological polar surface area (TPSA) is 75.6 Å². The van der Waals surface area contributed by atoms with Crippen LogP contribution >= 0.6 is 0 Å². The van der Waals surface area contributed by atoms with E-state index in [-0.39, 0.29) is 12.0 Å². The number of rotatable bonds is 5. The number of ether oxygens (including phenoxy) is 1. The first kappa shape index (κ1) is 14.5. The van der Waals surface area contributed by atoms with Crippen molar-refractivity contribution in [1.29, 1.82) is 0 Å². The highest BCUT2D eigenvalue weighted by Crippen LogP contribution is 2.33. The van der Waals surface area contributed by atoms with Crippen molar-refractivity contribution in [1.82, 2.24) is 5.32 Å². The Balaban J connectivity index is 1.92. The molecule has 0 aliphatic carbocycles. The minimum absolute atomic E-state index is 0.0309. The highest BCUT2D eigenvalue weighted by molar-refractivity contribution is 5.96. The summed E-state index contributed by atoms with van der Waals surface area (Å²) in [5.41, 5.74) is 1.09. The maximum atomic E-state index is 11.7. The molecule has 1 heterocycles. The van der Waals surface area contributed by atoms with Gasteiger partial charge in [-0.25, -0.2) is 0 Å². The van der Waals surface area contributed by atoms with Crippen LogP contribution in [0.25, 0.3) is 0 Å². The average Bonchev–Trinajstić information content (AvgIpc) is 2.93. The molecule has 0 aromatic heterocycles. The van der Waals surface area contributed by atoms with Gasteiger partial charge in [-0.1, -0.05) is 30.3 Å². The number of nitrogens with one attached hydrogen (secondary N) is 1. The Hall–Kier alpha value is -1.88. The van der Waals surface area contributed by atoms with E-state index < -0.39 is 17.8 Å². The van der Waals surface area contributed by atoms with Crippen LogP contribution in [0.3, 0.4) is 0 Å². The second-order valence-electron chi connectivity index (χ2n) is 5.06. The fourth-order valence-corrected chi connectivity index (χ4v) is 2.35. The summed E-state index contributed by atoms with van der Waals surface area (Å²) < 4.78 is 5.72. The van der Waals surface area contributed by atoms with Crippen molar-refractivity contribution < 1.29 is 19.4 Å². The van der Waals surface area contributed by atoms with Crippen molar-refractivity contribution in [2.45, 2.75) is 19.4 Å². The molecule has 1 aliphatic rings. The number of hydrogen-bond donors (Lipinski definition) is 2. The molecule has 0 bridgehead atoms. The molecule has 0 saturated carbocycles. The van der Waals surface area contributed by atoms with Gasteiger partial charge >= 0.3 is 5.97 Å². The van der Waals surface area contributed by atoms with Crippen LogP contribution < -0.4 is 5.32 Å². The molecule has 3 atom stereocenters. The van der Waals surface area contributed by atoms with Gasteiger partial charge in [0.1, 0.15) is 5.92 Å². The first-order valence-electron chi connectivity index (χ1n) is 6.76. The maximum Gasteiger partial charge on any atom is 0.315 e. The van der Waals surface area contributed by atoms with E-state index in [1.165, 1.54) is 6.92 Å². The van der Waals surface area contributed by atoms with Gasteiger partial charge in [-0.05, 0) is 18.9 Å². The first-order valence-corrected chi connectivity index (χ1v) is 6.76. The fraction of sp³-hybridized carbons (Fsp3) is 0.467. The molecule has 1 saturated heterocycles. The van der Waals surface area contributed by atoms with Crippen molar-refractivity contribution in [3.05, 3.63) is 35.9 Å². The zero-order valence-corrected chi connectivity index (χ0v) is 11.4. The number of amides is 1. The van der Waals surface area contributed by atoms with Crippen LogP contribution in [-0.4, -0.2) is 30.1 Å². The van der Waals surface area contributed by atoms with Gasteiger partial charge in [-0.15, -0.1) is 0 Å². The molecule has 108 valence electrons. The molecule has 0 spiro atoms. The van der Waals surface area contributed by atoms with Crippen molar-refractivity contribution in [3.8, 4) is 0 Å². The molecule has 2 rings (SSSR count). The highest BCUT2D eigenvalue weighted by Gasteiger charge is 2.30. The number of carbonyl (C=O) groups is 2. The third-order valence-corrected chi connectivity index (χ3v) is 3.64. The molecule has 1 unspecified atom stereocenters. The number of hydrogen-bond acceptors (Lipinski definition) is 3. The molecular formula is C15H19NO4. The molecule has 20 heavy (non-hydrogen) atoms. The normalized spacial score (nSPS) is 23.2. The van der Waals surface area contributed by atoms with Gasteiger partial charge in [-0.2, -0.15) is 0 Å². The van der Waals surface area contributed by atoms with Crippen LogP contribution in [0.2, 0.25) is 0 Å². The number of benzene rings is 1. The van der Waals surface area contributed by atoms with Crippen molar-refractivity contribution in [3.63, 3.8) is 0 Å². The Morgan fingerprint density at radius 3 is 2.75 bits per heavy atom. The standard InChI is InChI=1S/C15H19NO4/c1-10(15(18)19)14(17)16-9-12-7-8-20-13(12)11-5-3-2-4-6-11/h2-6,10,12-13H,7-9H2,1H3,(H,16,17)(H,18,19)/t10?,12-,13-/m0/s1. The van der Waals surface area contributed by atoms with Crippen molar-refractivity contribution in [2.75, 3.05) is 13.2 Å². The predicted molar refractivity (Wildman–Crippen MR) is 73.1 cm³/mol. The molecule has 1 aromatic rings. The van der Waals surface area contributed by atoms with E-state index in [4.69, 9.17) is 9.84 Å². The van der Waals surface area contributed by atoms with E-state index in [2.05, 4.69) is 5.32 Å². The summed E-state index contributed by atoms with van der Waals surface area (Å²) in [4.78, 5) is 22.4. The van der Waals surface area contributed by atoms with Gasteiger partial charge in [0.2, 0.25) is 5.91 Å². The average molecular weight is 277 g/mol. The van der Waals surface area contributed by atoms with Crippen LogP contribution in [0, 0.1) is 11.8 Å². The molecule has 5 nitrogen and oxygen atoms in total. The lowest BCUT2D eigenvalue weighted by molar-refractivity contribution is -0.146. The zero-order chi connectivity index (χ0) is 14.5. The first-order chi connectivity index (χ1) is 9.59. The monoisotopic (exact) mass is 277 g/mol. The molecule has 1 aromatic carbocycles. The third-order valence-electron chi connectivity index (χ3n) is 3.64. The van der Waals surface area contributed by atoms with Crippen molar-refractivity contribution >= 4 is 11.9 Å². The molecule has 1 aliphatic heterocycles. The fourth-order valence-electron chi connectivity index (χ4n) is 2.35. The molecule has 5 heteroatoms. The Morgan fingerprint density at radius 1 is 1.40 bits per heavy atom. The van der Waals surface area contributed by atoms with Crippen LogP contribution in [-0.2, 0) is 14.3 Å². The summed E-state index contributed by atoms with van der Waals surface area (Å²) in [6.45, 7) is 2.49. The van der Waals surface area contributed by atoms with Crippen LogP contribution in [0.15, 0.2) is 30.3 Å². The summed E-state index contributed by atoms with van der Waals surface area (Å²) >= 11 is 0. The van der Waals surface area contributed by atoms with E-state index in [0.717, 1.165) is 12.0 Å². The van der Waals surface area contributed by atoms with Gasteiger partial charge in [0, 0.05) is 19.1 Å². The Labute approximate surface area is 117 Å². The Morgan fingerprint density at radius 2 is 2.10 bits per heavy atom. The summed E-state index contributed by atoms with van der Waals surface area (Å²) in [7, 11) is 0. The van der Waals surface area contributed by atoms with E-state index in [0.29, 0.717) is 13.2 Å². The van der Waals surface area contributed by atoms with Crippen LogP contribution in [0.5, 0.6) is 0 Å². The Bertz CT molecular complexity index is 474. The minimum atomic E-state index is -1.11. The smallest absolute Gasteiger partial charge is 0.315 e. The van der Waals surface area contributed by atoms with E-state index >= 15 is 0 Å². The van der Waals surface area contributed by atoms with Gasteiger partial charge in [0.05, 0.1) is 6.10 Å². The molecule has 1 amide bonds. The summed E-state index contributed by atoms with van der Waals surface area (Å²) in [6, 6.07) is 9.87. The van der Waals surface area contributed by atoms with E-state index in [9.17, 15) is 9.59 Å². The lowest BCUT2D eigenvalue weighted by Gasteiger charge is -2.20. The zero-order valence-electron chi connectivity index (χ0n) is 11.4. The molecule has 2 N–H and O–H groups in total.